The van der Waals surface area contributed by atoms with Crippen molar-refractivity contribution in [3.63, 3.8) is 0 Å². The molecule has 0 aliphatic carbocycles. The summed E-state index contributed by atoms with van der Waals surface area (Å²) in [6.45, 7) is 9.73. The minimum atomic E-state index is -0.446. The number of hydrogen-bond acceptors (Lipinski definition) is 3. The van der Waals surface area contributed by atoms with Crippen LogP contribution in [0.2, 0.25) is 0 Å². The predicted molar refractivity (Wildman–Crippen MR) is 78.5 cm³/mol. The highest BCUT2D eigenvalue weighted by Gasteiger charge is 2.28. The van der Waals surface area contributed by atoms with Gasteiger partial charge in [-0.2, -0.15) is 0 Å². The van der Waals surface area contributed by atoms with Gasteiger partial charge in [0, 0.05) is 5.69 Å². The Balaban J connectivity index is 1.90. The fourth-order valence-electron chi connectivity index (χ4n) is 2.15. The molecule has 0 radical (unpaired) electrons. The number of anilines is 1. The van der Waals surface area contributed by atoms with Gasteiger partial charge in [0.1, 0.15) is 0 Å². The van der Waals surface area contributed by atoms with Crippen LogP contribution in [0.5, 0.6) is 0 Å². The lowest BCUT2D eigenvalue weighted by Gasteiger charge is -2.35. The first-order valence-corrected chi connectivity index (χ1v) is 7.14. The Morgan fingerprint density at radius 3 is 2.32 bits per heavy atom. The number of ether oxygens (including phenoxy) is 2. The van der Waals surface area contributed by atoms with E-state index in [1.165, 1.54) is 12.0 Å². The Labute approximate surface area is 116 Å². The van der Waals surface area contributed by atoms with Crippen molar-refractivity contribution < 1.29 is 9.47 Å². The molecule has 0 spiro atoms. The lowest BCUT2D eigenvalue weighted by atomic mass is 9.98. The van der Waals surface area contributed by atoms with Gasteiger partial charge in [0.05, 0.1) is 19.3 Å². The van der Waals surface area contributed by atoms with Crippen molar-refractivity contribution in [3.05, 3.63) is 29.8 Å². The maximum absolute atomic E-state index is 5.64. The van der Waals surface area contributed by atoms with Crippen molar-refractivity contribution >= 4 is 5.69 Å². The van der Waals surface area contributed by atoms with Gasteiger partial charge in [-0.3, -0.25) is 0 Å². The van der Waals surface area contributed by atoms with Gasteiger partial charge in [-0.05, 0) is 43.9 Å². The number of benzene rings is 1. The lowest BCUT2D eigenvalue weighted by molar-refractivity contribution is -0.247. The maximum atomic E-state index is 5.64. The van der Waals surface area contributed by atoms with Gasteiger partial charge in [-0.25, -0.2) is 0 Å². The number of rotatable bonds is 4. The first-order chi connectivity index (χ1) is 9.00. The molecule has 1 N–H and O–H groups in total. The average molecular weight is 263 g/mol. The van der Waals surface area contributed by atoms with Crippen molar-refractivity contribution in [2.24, 2.45) is 0 Å². The molecule has 0 amide bonds. The van der Waals surface area contributed by atoms with Gasteiger partial charge < -0.3 is 14.8 Å². The SMILES string of the molecule is CCC(C)c1ccc(NC2COC(C)(C)OC2)cc1. The zero-order chi connectivity index (χ0) is 13.9. The molecule has 1 aromatic rings. The van der Waals surface area contributed by atoms with Crippen LogP contribution in [-0.4, -0.2) is 25.0 Å². The topological polar surface area (TPSA) is 30.5 Å². The van der Waals surface area contributed by atoms with E-state index in [9.17, 15) is 0 Å². The fourth-order valence-corrected chi connectivity index (χ4v) is 2.15. The van der Waals surface area contributed by atoms with Crippen LogP contribution in [0, 0.1) is 0 Å². The van der Waals surface area contributed by atoms with E-state index in [0.29, 0.717) is 19.1 Å². The Morgan fingerprint density at radius 1 is 1.21 bits per heavy atom. The van der Waals surface area contributed by atoms with Crippen LogP contribution >= 0.6 is 0 Å². The molecule has 3 heteroatoms. The van der Waals surface area contributed by atoms with E-state index < -0.39 is 5.79 Å². The molecule has 0 bridgehead atoms. The summed E-state index contributed by atoms with van der Waals surface area (Å²) < 4.78 is 11.3. The molecule has 3 nitrogen and oxygen atoms in total. The van der Waals surface area contributed by atoms with Crippen LogP contribution in [0.4, 0.5) is 5.69 Å². The van der Waals surface area contributed by atoms with Gasteiger partial charge in [0.15, 0.2) is 5.79 Å². The first kappa shape index (κ1) is 14.4. The summed E-state index contributed by atoms with van der Waals surface area (Å²) in [4.78, 5) is 0. The number of nitrogens with one attached hydrogen (secondary N) is 1. The molecule has 1 heterocycles. The molecule has 106 valence electrons. The zero-order valence-electron chi connectivity index (χ0n) is 12.4. The van der Waals surface area contributed by atoms with Gasteiger partial charge in [-0.1, -0.05) is 26.0 Å². The van der Waals surface area contributed by atoms with Crippen molar-refractivity contribution in [2.75, 3.05) is 18.5 Å². The molecule has 1 fully saturated rings. The molecule has 2 rings (SSSR count). The fraction of sp³-hybridized carbons (Fsp3) is 0.625. The van der Waals surface area contributed by atoms with Gasteiger partial charge in [0.2, 0.25) is 0 Å². The molecule has 1 aliphatic heterocycles. The van der Waals surface area contributed by atoms with Crippen molar-refractivity contribution in [1.29, 1.82) is 0 Å². The highest BCUT2D eigenvalue weighted by atomic mass is 16.7. The Hall–Kier alpha value is -1.06. The maximum Gasteiger partial charge on any atom is 0.162 e. The van der Waals surface area contributed by atoms with E-state index in [1.54, 1.807) is 0 Å². The predicted octanol–water partition coefficient (Wildman–Crippen LogP) is 3.76. The summed E-state index contributed by atoms with van der Waals surface area (Å²) in [6, 6.07) is 8.90. The van der Waals surface area contributed by atoms with Crippen molar-refractivity contribution in [2.45, 2.75) is 51.9 Å². The molecule has 1 unspecified atom stereocenters. The molecule has 0 aromatic heterocycles. The molecular weight excluding hydrogens is 238 g/mol. The molecule has 1 aliphatic rings. The number of hydrogen-bond donors (Lipinski definition) is 1. The second-order valence-corrected chi connectivity index (χ2v) is 5.79. The molecule has 1 aromatic carbocycles. The van der Waals surface area contributed by atoms with Crippen LogP contribution < -0.4 is 5.32 Å². The summed E-state index contributed by atoms with van der Waals surface area (Å²) in [5, 5.41) is 3.45. The highest BCUT2D eigenvalue weighted by molar-refractivity contribution is 5.46. The van der Waals surface area contributed by atoms with Crippen LogP contribution in [0.3, 0.4) is 0 Å². The third-order valence-electron chi connectivity index (χ3n) is 3.73. The molecule has 19 heavy (non-hydrogen) atoms. The van der Waals surface area contributed by atoms with Crippen LogP contribution in [0.25, 0.3) is 0 Å². The first-order valence-electron chi connectivity index (χ1n) is 7.14. The van der Waals surface area contributed by atoms with Crippen LogP contribution in [0.15, 0.2) is 24.3 Å². The zero-order valence-corrected chi connectivity index (χ0v) is 12.4. The van der Waals surface area contributed by atoms with E-state index in [2.05, 4.69) is 43.4 Å². The third-order valence-corrected chi connectivity index (χ3v) is 3.73. The van der Waals surface area contributed by atoms with Gasteiger partial charge in [0.25, 0.3) is 0 Å². The van der Waals surface area contributed by atoms with E-state index in [-0.39, 0.29) is 6.04 Å². The summed E-state index contributed by atoms with van der Waals surface area (Å²) in [6.07, 6.45) is 1.17. The van der Waals surface area contributed by atoms with Gasteiger partial charge in [-0.15, -0.1) is 0 Å². The van der Waals surface area contributed by atoms with Crippen molar-refractivity contribution in [1.82, 2.24) is 0 Å². The van der Waals surface area contributed by atoms with E-state index >= 15 is 0 Å². The van der Waals surface area contributed by atoms with E-state index in [0.717, 1.165) is 5.69 Å². The summed E-state index contributed by atoms with van der Waals surface area (Å²) in [5.74, 6) is 0.176. The summed E-state index contributed by atoms with van der Waals surface area (Å²) in [5.41, 5.74) is 2.52. The quantitative estimate of drug-likeness (QED) is 0.897. The van der Waals surface area contributed by atoms with Crippen LogP contribution in [-0.2, 0) is 9.47 Å². The Kier molecular flexibility index (Phi) is 4.48. The van der Waals surface area contributed by atoms with E-state index in [4.69, 9.17) is 9.47 Å². The molecule has 1 saturated heterocycles. The minimum absolute atomic E-state index is 0.225. The minimum Gasteiger partial charge on any atom is -0.378 e. The highest BCUT2D eigenvalue weighted by Crippen LogP contribution is 2.22. The second kappa shape index (κ2) is 5.93. The van der Waals surface area contributed by atoms with Gasteiger partial charge >= 0.3 is 0 Å². The Morgan fingerprint density at radius 2 is 1.79 bits per heavy atom. The summed E-state index contributed by atoms with van der Waals surface area (Å²) in [7, 11) is 0. The average Bonchev–Trinajstić information content (AvgIpc) is 2.41. The van der Waals surface area contributed by atoms with Crippen LogP contribution in [0.1, 0.15) is 45.6 Å². The molecule has 1 atom stereocenters. The Bertz CT molecular complexity index is 390. The molecule has 0 saturated carbocycles. The lowest BCUT2D eigenvalue weighted by Crippen LogP contribution is -2.45. The third kappa shape index (κ3) is 3.95. The van der Waals surface area contributed by atoms with Crippen molar-refractivity contribution in [3.8, 4) is 0 Å². The summed E-state index contributed by atoms with van der Waals surface area (Å²) >= 11 is 0. The second-order valence-electron chi connectivity index (χ2n) is 5.79. The largest absolute Gasteiger partial charge is 0.378 e. The monoisotopic (exact) mass is 263 g/mol. The normalized spacial score (nSPS) is 21.1. The smallest absolute Gasteiger partial charge is 0.162 e. The standard InChI is InChI=1S/C16H25NO2/c1-5-12(2)13-6-8-14(9-7-13)17-15-10-18-16(3,4)19-11-15/h6-9,12,15,17H,5,10-11H2,1-4H3. The van der Waals surface area contributed by atoms with E-state index in [1.807, 2.05) is 13.8 Å². The molecular formula is C16H25NO2.